The zero-order chi connectivity index (χ0) is 16.7. The highest BCUT2D eigenvalue weighted by Gasteiger charge is 2.17. The fraction of sp³-hybridized carbons (Fsp3) is 0.188. The van der Waals surface area contributed by atoms with Crippen molar-refractivity contribution >= 4 is 26.7 Å². The van der Waals surface area contributed by atoms with Crippen LogP contribution in [0.4, 0.5) is 5.69 Å². The number of hydrogen-bond donors (Lipinski definition) is 3. The van der Waals surface area contributed by atoms with Crippen LogP contribution in [-0.2, 0) is 16.4 Å². The van der Waals surface area contributed by atoms with Gasteiger partial charge in [-0.15, -0.1) is 0 Å². The number of aromatic nitrogens is 2. The first-order valence-electron chi connectivity index (χ1n) is 7.52. The number of hydrogen-bond acceptors (Lipinski definition) is 4. The zero-order valence-electron chi connectivity index (χ0n) is 12.6. The van der Waals surface area contributed by atoms with Gasteiger partial charge in [-0.3, -0.25) is 4.72 Å². The number of nitrogens with one attached hydrogen (secondary N) is 3. The molecule has 1 aliphatic heterocycles. The van der Waals surface area contributed by atoms with Crippen LogP contribution in [0, 0.1) is 0 Å². The van der Waals surface area contributed by atoms with Gasteiger partial charge in [0.1, 0.15) is 5.75 Å². The van der Waals surface area contributed by atoms with Crippen molar-refractivity contribution < 1.29 is 13.2 Å². The fourth-order valence-electron chi connectivity index (χ4n) is 2.82. The molecule has 4 rings (SSSR count). The maximum Gasteiger partial charge on any atom is 0.323 e. The third kappa shape index (κ3) is 2.65. The van der Waals surface area contributed by atoms with Crippen molar-refractivity contribution in [2.45, 2.75) is 17.7 Å². The predicted molar refractivity (Wildman–Crippen MR) is 90.0 cm³/mol. The summed E-state index contributed by atoms with van der Waals surface area (Å²) in [6.45, 7) is 0.687. The second-order valence-corrected chi connectivity index (χ2v) is 7.35. The first-order chi connectivity index (χ1) is 11.5. The molecular formula is C16H15N3O4S. The molecular weight excluding hydrogens is 330 g/mol. The molecule has 24 heavy (non-hydrogen) atoms. The zero-order valence-corrected chi connectivity index (χ0v) is 13.4. The summed E-state index contributed by atoms with van der Waals surface area (Å²) in [5, 5.41) is 0. The molecule has 0 fully saturated rings. The highest BCUT2D eigenvalue weighted by molar-refractivity contribution is 7.92. The molecule has 124 valence electrons. The molecule has 2 aromatic carbocycles. The Balaban J connectivity index is 1.67. The molecule has 3 aromatic rings. The lowest BCUT2D eigenvalue weighted by molar-refractivity contribution is 0.288. The van der Waals surface area contributed by atoms with Crippen LogP contribution in [0.3, 0.4) is 0 Å². The van der Waals surface area contributed by atoms with Crippen LogP contribution in [0.2, 0.25) is 0 Å². The second kappa shape index (κ2) is 5.41. The molecule has 0 unspecified atom stereocenters. The van der Waals surface area contributed by atoms with Gasteiger partial charge in [0, 0.05) is 5.69 Å². The minimum absolute atomic E-state index is 0.0826. The molecule has 0 aliphatic carbocycles. The van der Waals surface area contributed by atoms with E-state index < -0.39 is 10.0 Å². The Bertz CT molecular complexity index is 1080. The Morgan fingerprint density at radius 2 is 1.88 bits per heavy atom. The lowest BCUT2D eigenvalue weighted by Crippen LogP contribution is -2.14. The number of aromatic amines is 2. The van der Waals surface area contributed by atoms with Crippen molar-refractivity contribution in [2.24, 2.45) is 0 Å². The van der Waals surface area contributed by atoms with Crippen molar-refractivity contribution in [1.82, 2.24) is 9.97 Å². The minimum atomic E-state index is -3.75. The van der Waals surface area contributed by atoms with E-state index in [1.165, 1.54) is 12.1 Å². The minimum Gasteiger partial charge on any atom is -0.493 e. The molecule has 0 atom stereocenters. The van der Waals surface area contributed by atoms with Crippen molar-refractivity contribution in [3.05, 3.63) is 52.4 Å². The van der Waals surface area contributed by atoms with Gasteiger partial charge in [-0.2, -0.15) is 0 Å². The summed E-state index contributed by atoms with van der Waals surface area (Å²) in [6, 6.07) is 9.69. The lowest BCUT2D eigenvalue weighted by atomic mass is 10.1. The van der Waals surface area contributed by atoms with Crippen LogP contribution in [0.25, 0.3) is 11.0 Å². The number of rotatable bonds is 3. The second-order valence-electron chi connectivity index (χ2n) is 5.67. The van der Waals surface area contributed by atoms with Gasteiger partial charge in [-0.25, -0.2) is 13.2 Å². The molecule has 8 heteroatoms. The van der Waals surface area contributed by atoms with Crippen molar-refractivity contribution in [1.29, 1.82) is 0 Å². The van der Waals surface area contributed by atoms with Crippen LogP contribution in [0.15, 0.2) is 46.1 Å². The smallest absolute Gasteiger partial charge is 0.323 e. The Morgan fingerprint density at radius 1 is 1.04 bits per heavy atom. The molecule has 0 amide bonds. The number of imidazole rings is 1. The number of fused-ring (bicyclic) bond motifs is 2. The molecule has 0 saturated carbocycles. The van der Waals surface area contributed by atoms with Gasteiger partial charge in [0.25, 0.3) is 10.0 Å². The normalized spacial score (nSPS) is 14.2. The van der Waals surface area contributed by atoms with E-state index in [1.54, 1.807) is 24.3 Å². The Morgan fingerprint density at radius 3 is 2.75 bits per heavy atom. The van der Waals surface area contributed by atoms with Crippen LogP contribution in [-0.4, -0.2) is 25.0 Å². The molecule has 2 heterocycles. The van der Waals surface area contributed by atoms with Gasteiger partial charge in [0.2, 0.25) is 0 Å². The van der Waals surface area contributed by atoms with E-state index >= 15 is 0 Å². The summed E-state index contributed by atoms with van der Waals surface area (Å²) in [6.07, 6.45) is 1.78. The van der Waals surface area contributed by atoms with E-state index in [9.17, 15) is 13.2 Å². The Kier molecular flexibility index (Phi) is 3.34. The SMILES string of the molecule is O=c1[nH]c2ccc(S(=O)(=O)Nc3ccc4c(c3)CCCO4)cc2[nH]1. The average Bonchev–Trinajstić information content (AvgIpc) is 2.93. The van der Waals surface area contributed by atoms with Crippen LogP contribution >= 0.6 is 0 Å². The van der Waals surface area contributed by atoms with Gasteiger partial charge >= 0.3 is 5.69 Å². The molecule has 0 saturated heterocycles. The van der Waals surface area contributed by atoms with Gasteiger partial charge < -0.3 is 14.7 Å². The van der Waals surface area contributed by atoms with E-state index in [0.717, 1.165) is 24.2 Å². The standard InChI is InChI=1S/C16H15N3O4S/c20-16-17-13-5-4-12(9-14(13)18-16)24(21,22)19-11-3-6-15-10(8-11)2-1-7-23-15/h3-6,8-9,19H,1-2,7H2,(H2,17,18,20). The summed E-state index contributed by atoms with van der Waals surface area (Å²) in [7, 11) is -3.75. The third-order valence-electron chi connectivity index (χ3n) is 3.96. The van der Waals surface area contributed by atoms with Crippen LogP contribution < -0.4 is 15.1 Å². The van der Waals surface area contributed by atoms with E-state index in [4.69, 9.17) is 4.74 Å². The molecule has 0 bridgehead atoms. The van der Waals surface area contributed by atoms with Crippen molar-refractivity contribution in [2.75, 3.05) is 11.3 Å². The maximum absolute atomic E-state index is 12.6. The number of H-pyrrole nitrogens is 2. The van der Waals surface area contributed by atoms with Gasteiger partial charge in [0.05, 0.1) is 22.5 Å². The van der Waals surface area contributed by atoms with Crippen molar-refractivity contribution in [3.8, 4) is 5.75 Å². The predicted octanol–water partition coefficient (Wildman–Crippen LogP) is 1.98. The number of ether oxygens (including phenoxy) is 1. The highest BCUT2D eigenvalue weighted by Crippen LogP contribution is 2.28. The lowest BCUT2D eigenvalue weighted by Gasteiger charge is -2.18. The van der Waals surface area contributed by atoms with Gasteiger partial charge in [0.15, 0.2) is 0 Å². The molecule has 3 N–H and O–H groups in total. The monoisotopic (exact) mass is 345 g/mol. The number of benzene rings is 2. The van der Waals surface area contributed by atoms with E-state index in [-0.39, 0.29) is 10.6 Å². The Hall–Kier alpha value is -2.74. The van der Waals surface area contributed by atoms with Crippen LogP contribution in [0.5, 0.6) is 5.75 Å². The number of aryl methyl sites for hydroxylation is 1. The maximum atomic E-state index is 12.6. The number of anilines is 1. The first kappa shape index (κ1) is 14.8. The van der Waals surface area contributed by atoms with Crippen LogP contribution in [0.1, 0.15) is 12.0 Å². The molecule has 7 nitrogen and oxygen atoms in total. The highest BCUT2D eigenvalue weighted by atomic mass is 32.2. The van der Waals surface area contributed by atoms with E-state index in [0.29, 0.717) is 23.3 Å². The van der Waals surface area contributed by atoms with Gasteiger partial charge in [-0.05, 0) is 54.8 Å². The summed E-state index contributed by atoms with van der Waals surface area (Å²) in [5.41, 5.74) is 2.11. The first-order valence-corrected chi connectivity index (χ1v) is 9.00. The molecule has 1 aliphatic rings. The van der Waals surface area contributed by atoms with Crippen molar-refractivity contribution in [3.63, 3.8) is 0 Å². The molecule has 1 aromatic heterocycles. The molecule has 0 radical (unpaired) electrons. The summed E-state index contributed by atoms with van der Waals surface area (Å²) >= 11 is 0. The average molecular weight is 345 g/mol. The summed E-state index contributed by atoms with van der Waals surface area (Å²) in [5.74, 6) is 0.801. The molecule has 0 spiro atoms. The summed E-state index contributed by atoms with van der Waals surface area (Å²) < 4.78 is 33.3. The number of sulfonamides is 1. The largest absolute Gasteiger partial charge is 0.493 e. The topological polar surface area (TPSA) is 104 Å². The Labute approximate surface area is 137 Å². The fourth-order valence-corrected chi connectivity index (χ4v) is 3.89. The van der Waals surface area contributed by atoms with Gasteiger partial charge in [-0.1, -0.05) is 0 Å². The summed E-state index contributed by atoms with van der Waals surface area (Å²) in [4.78, 5) is 16.5. The third-order valence-corrected chi connectivity index (χ3v) is 5.34. The quantitative estimate of drug-likeness (QED) is 0.675. The van der Waals surface area contributed by atoms with E-state index in [1.807, 2.05) is 0 Å². The van der Waals surface area contributed by atoms with E-state index in [2.05, 4.69) is 14.7 Å².